The smallest absolute Gasteiger partial charge is 0.237 e. The summed E-state index contributed by atoms with van der Waals surface area (Å²) in [6.07, 6.45) is 6.79. The first-order valence-corrected chi connectivity index (χ1v) is 7.99. The largest absolute Gasteiger partial charge is 0.352 e. The van der Waals surface area contributed by atoms with Gasteiger partial charge in [-0.05, 0) is 58.7 Å². The minimum Gasteiger partial charge on any atom is -0.352 e. The zero-order chi connectivity index (χ0) is 13.7. The van der Waals surface area contributed by atoms with Gasteiger partial charge in [-0.2, -0.15) is 0 Å². The van der Waals surface area contributed by atoms with Crippen molar-refractivity contribution in [2.24, 2.45) is 0 Å². The Morgan fingerprint density at radius 1 is 1.37 bits per heavy atom. The average Bonchev–Trinajstić information content (AvgIpc) is 2.89. The molecular weight excluding hydrogens is 238 g/mol. The second-order valence-corrected chi connectivity index (χ2v) is 6.08. The molecule has 2 aliphatic heterocycles. The number of likely N-dealkylation sites (tertiary alicyclic amines) is 1. The van der Waals surface area contributed by atoms with E-state index in [1.807, 2.05) is 0 Å². The van der Waals surface area contributed by atoms with E-state index in [2.05, 4.69) is 29.4 Å². The molecule has 4 nitrogen and oxygen atoms in total. The maximum absolute atomic E-state index is 12.4. The number of carbonyl (C=O) groups is 1. The molecule has 110 valence electrons. The van der Waals surface area contributed by atoms with Gasteiger partial charge in [-0.25, -0.2) is 0 Å². The third-order valence-corrected chi connectivity index (χ3v) is 4.48. The van der Waals surface area contributed by atoms with Crippen LogP contribution in [0.3, 0.4) is 0 Å². The van der Waals surface area contributed by atoms with Crippen LogP contribution < -0.4 is 10.6 Å². The zero-order valence-corrected chi connectivity index (χ0v) is 12.5. The topological polar surface area (TPSA) is 44.4 Å². The SMILES string of the molecule is CCCC(C)NC(=O)C1CCCN1C1CCNCC1. The van der Waals surface area contributed by atoms with E-state index in [9.17, 15) is 4.79 Å². The highest BCUT2D eigenvalue weighted by molar-refractivity contribution is 5.82. The number of hydrogen-bond acceptors (Lipinski definition) is 3. The van der Waals surface area contributed by atoms with E-state index in [1.54, 1.807) is 0 Å². The summed E-state index contributed by atoms with van der Waals surface area (Å²) in [5, 5.41) is 6.60. The summed E-state index contributed by atoms with van der Waals surface area (Å²) in [6, 6.07) is 1.05. The Bertz CT molecular complexity index is 289. The fraction of sp³-hybridized carbons (Fsp3) is 0.933. The summed E-state index contributed by atoms with van der Waals surface area (Å²) in [5.74, 6) is 0.261. The maximum Gasteiger partial charge on any atom is 0.237 e. The van der Waals surface area contributed by atoms with Crippen molar-refractivity contribution in [2.75, 3.05) is 19.6 Å². The van der Waals surface area contributed by atoms with Crippen molar-refractivity contribution in [3.05, 3.63) is 0 Å². The molecule has 0 radical (unpaired) electrons. The van der Waals surface area contributed by atoms with Gasteiger partial charge in [0.2, 0.25) is 5.91 Å². The van der Waals surface area contributed by atoms with Gasteiger partial charge in [-0.3, -0.25) is 9.69 Å². The first kappa shape index (κ1) is 14.8. The highest BCUT2D eigenvalue weighted by Gasteiger charge is 2.35. The molecule has 2 saturated heterocycles. The molecule has 2 atom stereocenters. The van der Waals surface area contributed by atoms with E-state index in [1.165, 1.54) is 19.3 Å². The molecule has 0 aliphatic carbocycles. The summed E-state index contributed by atoms with van der Waals surface area (Å²) >= 11 is 0. The monoisotopic (exact) mass is 267 g/mol. The number of nitrogens with one attached hydrogen (secondary N) is 2. The normalized spacial score (nSPS) is 27.4. The number of nitrogens with zero attached hydrogens (tertiary/aromatic N) is 1. The van der Waals surface area contributed by atoms with Gasteiger partial charge in [-0.15, -0.1) is 0 Å². The van der Waals surface area contributed by atoms with E-state index in [0.717, 1.165) is 38.9 Å². The molecule has 0 spiro atoms. The Morgan fingerprint density at radius 3 is 2.79 bits per heavy atom. The van der Waals surface area contributed by atoms with Crippen molar-refractivity contribution in [3.63, 3.8) is 0 Å². The fourth-order valence-corrected chi connectivity index (χ4v) is 3.49. The van der Waals surface area contributed by atoms with Gasteiger partial charge in [0.1, 0.15) is 0 Å². The van der Waals surface area contributed by atoms with E-state index >= 15 is 0 Å². The molecule has 2 fully saturated rings. The van der Waals surface area contributed by atoms with E-state index in [4.69, 9.17) is 0 Å². The molecular formula is C15H29N3O. The molecule has 0 aromatic carbocycles. The predicted octanol–water partition coefficient (Wildman–Crippen LogP) is 1.51. The van der Waals surface area contributed by atoms with Crippen LogP contribution in [0, 0.1) is 0 Å². The standard InChI is InChI=1S/C15H29N3O/c1-3-5-12(2)17-15(19)14-6-4-11-18(14)13-7-9-16-10-8-13/h12-14,16H,3-11H2,1-2H3,(H,17,19). The lowest BCUT2D eigenvalue weighted by Gasteiger charge is -2.35. The molecule has 2 N–H and O–H groups in total. The van der Waals surface area contributed by atoms with Crippen molar-refractivity contribution in [1.82, 2.24) is 15.5 Å². The Labute approximate surface area is 117 Å². The lowest BCUT2D eigenvalue weighted by atomic mass is 10.0. The van der Waals surface area contributed by atoms with Crippen molar-refractivity contribution >= 4 is 5.91 Å². The zero-order valence-electron chi connectivity index (χ0n) is 12.5. The summed E-state index contributed by atoms with van der Waals surface area (Å²) in [6.45, 7) is 7.58. The Kier molecular flexibility index (Phi) is 5.64. The van der Waals surface area contributed by atoms with Crippen LogP contribution in [0.25, 0.3) is 0 Å². The minimum absolute atomic E-state index is 0.127. The van der Waals surface area contributed by atoms with Crippen molar-refractivity contribution in [3.8, 4) is 0 Å². The van der Waals surface area contributed by atoms with E-state index in [-0.39, 0.29) is 11.9 Å². The second-order valence-electron chi connectivity index (χ2n) is 6.08. The van der Waals surface area contributed by atoms with Gasteiger partial charge < -0.3 is 10.6 Å². The van der Waals surface area contributed by atoms with Crippen LogP contribution in [0.5, 0.6) is 0 Å². The molecule has 2 unspecified atom stereocenters. The molecule has 4 heteroatoms. The molecule has 0 aromatic rings. The highest BCUT2D eigenvalue weighted by Crippen LogP contribution is 2.24. The maximum atomic E-state index is 12.4. The number of amides is 1. The van der Waals surface area contributed by atoms with Gasteiger partial charge in [0, 0.05) is 12.1 Å². The van der Waals surface area contributed by atoms with Crippen molar-refractivity contribution in [2.45, 2.75) is 70.5 Å². The van der Waals surface area contributed by atoms with Gasteiger partial charge in [0.15, 0.2) is 0 Å². The van der Waals surface area contributed by atoms with Crippen LogP contribution in [-0.4, -0.2) is 48.6 Å². The first-order valence-electron chi connectivity index (χ1n) is 7.99. The summed E-state index contributed by atoms with van der Waals surface area (Å²) in [4.78, 5) is 14.9. The van der Waals surface area contributed by atoms with Gasteiger partial charge >= 0.3 is 0 Å². The third kappa shape index (κ3) is 3.93. The molecule has 0 aromatic heterocycles. The Morgan fingerprint density at radius 2 is 2.11 bits per heavy atom. The molecule has 1 amide bonds. The molecule has 0 saturated carbocycles. The molecule has 2 heterocycles. The third-order valence-electron chi connectivity index (χ3n) is 4.48. The summed E-state index contributed by atoms with van der Waals surface area (Å²) in [7, 11) is 0. The van der Waals surface area contributed by atoms with Gasteiger partial charge in [-0.1, -0.05) is 13.3 Å². The number of hydrogen-bond donors (Lipinski definition) is 2. The number of rotatable bonds is 5. The molecule has 2 rings (SSSR count). The van der Waals surface area contributed by atoms with Crippen LogP contribution in [0.15, 0.2) is 0 Å². The molecule has 19 heavy (non-hydrogen) atoms. The van der Waals surface area contributed by atoms with Crippen molar-refractivity contribution < 1.29 is 4.79 Å². The van der Waals surface area contributed by atoms with Crippen LogP contribution >= 0.6 is 0 Å². The van der Waals surface area contributed by atoms with E-state index in [0.29, 0.717) is 12.1 Å². The van der Waals surface area contributed by atoms with Gasteiger partial charge in [0.05, 0.1) is 6.04 Å². The summed E-state index contributed by atoms with van der Waals surface area (Å²) < 4.78 is 0. The molecule has 0 bridgehead atoms. The van der Waals surface area contributed by atoms with Crippen LogP contribution in [0.2, 0.25) is 0 Å². The number of carbonyl (C=O) groups excluding carboxylic acids is 1. The lowest BCUT2D eigenvalue weighted by molar-refractivity contribution is -0.127. The summed E-state index contributed by atoms with van der Waals surface area (Å²) in [5.41, 5.74) is 0. The van der Waals surface area contributed by atoms with Crippen molar-refractivity contribution in [1.29, 1.82) is 0 Å². The highest BCUT2D eigenvalue weighted by atomic mass is 16.2. The lowest BCUT2D eigenvalue weighted by Crippen LogP contribution is -2.52. The molecule has 2 aliphatic rings. The van der Waals surface area contributed by atoms with E-state index < -0.39 is 0 Å². The predicted molar refractivity (Wildman–Crippen MR) is 78.1 cm³/mol. The van der Waals surface area contributed by atoms with Gasteiger partial charge in [0.25, 0.3) is 0 Å². The van der Waals surface area contributed by atoms with Crippen LogP contribution in [0.4, 0.5) is 0 Å². The quantitative estimate of drug-likeness (QED) is 0.793. The number of piperidine rings is 1. The second kappa shape index (κ2) is 7.25. The van der Waals surface area contributed by atoms with Crippen LogP contribution in [-0.2, 0) is 4.79 Å². The van der Waals surface area contributed by atoms with Crippen LogP contribution in [0.1, 0.15) is 52.4 Å². The Balaban J connectivity index is 1.88. The first-order chi connectivity index (χ1) is 9.22. The average molecular weight is 267 g/mol. The Hall–Kier alpha value is -0.610. The fourth-order valence-electron chi connectivity index (χ4n) is 3.49. The minimum atomic E-state index is 0.127.